The number of pyridine rings is 1. The highest BCUT2D eigenvalue weighted by molar-refractivity contribution is 7.90. The summed E-state index contributed by atoms with van der Waals surface area (Å²) in [4.78, 5) is 25.7. The molecule has 1 N–H and O–H groups in total. The third-order valence-corrected chi connectivity index (χ3v) is 7.05. The average molecular weight is 367 g/mol. The summed E-state index contributed by atoms with van der Waals surface area (Å²) in [5, 5.41) is -0.571. The first-order valence-electron chi connectivity index (χ1n) is 8.84. The van der Waals surface area contributed by atoms with E-state index in [1.807, 2.05) is 0 Å². The maximum absolute atomic E-state index is 12.7. The number of nitrogens with zero attached hydrogens (tertiary/aromatic N) is 2. The quantitative estimate of drug-likeness (QED) is 0.855. The summed E-state index contributed by atoms with van der Waals surface area (Å²) in [5.74, 6) is -0.226. The fourth-order valence-corrected chi connectivity index (χ4v) is 5.40. The van der Waals surface area contributed by atoms with Gasteiger partial charge in [-0.2, -0.15) is 0 Å². The maximum atomic E-state index is 12.7. The summed E-state index contributed by atoms with van der Waals surface area (Å²) in [7, 11) is -1.84. The van der Waals surface area contributed by atoms with E-state index in [0.29, 0.717) is 24.9 Å². The molecule has 1 unspecified atom stereocenters. The van der Waals surface area contributed by atoms with E-state index in [-0.39, 0.29) is 24.1 Å². The Morgan fingerprint density at radius 2 is 1.88 bits per heavy atom. The zero-order valence-electron chi connectivity index (χ0n) is 14.5. The Morgan fingerprint density at radius 3 is 2.56 bits per heavy atom. The van der Waals surface area contributed by atoms with Crippen LogP contribution in [0.4, 0.5) is 0 Å². The zero-order chi connectivity index (χ0) is 18.0. The first-order valence-corrected chi connectivity index (χ1v) is 10.4. The summed E-state index contributed by atoms with van der Waals surface area (Å²) >= 11 is 0. The van der Waals surface area contributed by atoms with Crippen molar-refractivity contribution in [3.05, 3.63) is 34.2 Å². The molecule has 0 spiro atoms. The van der Waals surface area contributed by atoms with E-state index < -0.39 is 15.3 Å². The number of likely N-dealkylation sites (tertiary alicyclic amines) is 1. The summed E-state index contributed by atoms with van der Waals surface area (Å²) in [6.45, 7) is 0.737. The lowest BCUT2D eigenvalue weighted by atomic mass is 10.1. The summed E-state index contributed by atoms with van der Waals surface area (Å²) in [6, 6.07) is 2.90. The monoisotopic (exact) mass is 367 g/mol. The molecule has 2 fully saturated rings. The predicted octanol–water partition coefficient (Wildman–Crippen LogP) is 0.852. The number of rotatable bonds is 4. The van der Waals surface area contributed by atoms with Crippen molar-refractivity contribution in [1.82, 2.24) is 14.2 Å². The molecule has 138 valence electrons. The molecule has 1 saturated carbocycles. The molecule has 7 nitrogen and oxygen atoms in total. The number of piperidine rings is 1. The molecule has 1 aromatic rings. The smallest absolute Gasteiger partial charge is 0.255 e. The van der Waals surface area contributed by atoms with Gasteiger partial charge in [0.2, 0.25) is 15.6 Å². The Hall–Kier alpha value is -1.67. The highest BCUT2D eigenvalue weighted by Gasteiger charge is 2.34. The van der Waals surface area contributed by atoms with Gasteiger partial charge < -0.3 is 9.47 Å². The predicted molar refractivity (Wildman–Crippen MR) is 94.9 cm³/mol. The molecule has 1 atom stereocenters. The first-order chi connectivity index (χ1) is 11.9. The molecule has 25 heavy (non-hydrogen) atoms. The first kappa shape index (κ1) is 18.1. The largest absolute Gasteiger partial charge is 0.337 e. The van der Waals surface area contributed by atoms with Gasteiger partial charge >= 0.3 is 0 Å². The van der Waals surface area contributed by atoms with Gasteiger partial charge in [-0.25, -0.2) is 13.1 Å². The number of hydrogen-bond acceptors (Lipinski definition) is 4. The number of hydrogen-bond donors (Lipinski definition) is 1. The molecule has 1 saturated heterocycles. The minimum absolute atomic E-state index is 0.0414. The summed E-state index contributed by atoms with van der Waals surface area (Å²) in [5.41, 5.74) is 0.223. The normalized spacial score (nSPS) is 22.3. The minimum atomic E-state index is -3.43. The fraction of sp³-hybridized carbons (Fsp3) is 0.647. The molecule has 1 aliphatic carbocycles. The Bertz CT molecular complexity index is 796. The summed E-state index contributed by atoms with van der Waals surface area (Å²) in [6.07, 6.45) is 6.65. The summed E-state index contributed by atoms with van der Waals surface area (Å²) < 4.78 is 29.5. The van der Waals surface area contributed by atoms with E-state index in [1.165, 1.54) is 22.9 Å². The number of aromatic nitrogens is 1. The van der Waals surface area contributed by atoms with Crippen molar-refractivity contribution in [1.29, 1.82) is 0 Å². The number of aryl methyl sites for hydroxylation is 1. The number of amides is 1. The second-order valence-corrected chi connectivity index (χ2v) is 9.02. The van der Waals surface area contributed by atoms with Crippen LogP contribution in [-0.2, 0) is 17.1 Å². The maximum Gasteiger partial charge on any atom is 0.255 e. The van der Waals surface area contributed by atoms with Gasteiger partial charge in [-0.3, -0.25) is 9.59 Å². The Labute approximate surface area is 148 Å². The van der Waals surface area contributed by atoms with Crippen molar-refractivity contribution in [2.75, 3.05) is 13.1 Å². The van der Waals surface area contributed by atoms with Gasteiger partial charge in [0.05, 0.1) is 10.8 Å². The zero-order valence-corrected chi connectivity index (χ0v) is 15.3. The Balaban J connectivity index is 1.70. The molecular formula is C17H25N3O4S. The van der Waals surface area contributed by atoms with Crippen molar-refractivity contribution in [3.63, 3.8) is 0 Å². The van der Waals surface area contributed by atoms with Crippen LogP contribution in [0.15, 0.2) is 23.1 Å². The van der Waals surface area contributed by atoms with Gasteiger partial charge in [-0.15, -0.1) is 0 Å². The van der Waals surface area contributed by atoms with Crippen molar-refractivity contribution < 1.29 is 13.2 Å². The molecule has 3 rings (SSSR count). The van der Waals surface area contributed by atoms with Gasteiger partial charge in [0.15, 0.2) is 0 Å². The Morgan fingerprint density at radius 1 is 1.16 bits per heavy atom. The molecule has 0 bridgehead atoms. The molecule has 2 aliphatic rings. The van der Waals surface area contributed by atoms with Gasteiger partial charge in [-0.05, 0) is 31.7 Å². The number of carbonyl (C=O) groups excluding carboxylic acids is 1. The highest BCUT2D eigenvalue weighted by Crippen LogP contribution is 2.22. The van der Waals surface area contributed by atoms with Crippen molar-refractivity contribution in [3.8, 4) is 0 Å². The molecule has 1 amide bonds. The lowest BCUT2D eigenvalue weighted by Gasteiger charge is -2.33. The molecule has 0 radical (unpaired) electrons. The molecule has 2 heterocycles. The molecule has 8 heteroatoms. The van der Waals surface area contributed by atoms with Crippen molar-refractivity contribution in [2.24, 2.45) is 7.05 Å². The SMILES string of the molecule is Cn1cc(C(=O)N2CCCC(S(=O)(=O)NC3CCCC3)C2)ccc1=O. The van der Waals surface area contributed by atoms with E-state index in [0.717, 1.165) is 25.7 Å². The van der Waals surface area contributed by atoms with E-state index in [2.05, 4.69) is 4.72 Å². The third-order valence-electron chi connectivity index (χ3n) is 5.12. The fourth-order valence-electron chi connectivity index (χ4n) is 3.65. The van der Waals surface area contributed by atoms with E-state index >= 15 is 0 Å². The topological polar surface area (TPSA) is 88.5 Å². The van der Waals surface area contributed by atoms with Gasteiger partial charge in [0, 0.05) is 38.4 Å². The van der Waals surface area contributed by atoms with E-state index in [4.69, 9.17) is 0 Å². The average Bonchev–Trinajstić information content (AvgIpc) is 3.09. The molecule has 1 aliphatic heterocycles. The van der Waals surface area contributed by atoms with Gasteiger partial charge in [0.25, 0.3) is 5.91 Å². The molecule has 0 aromatic carbocycles. The Kier molecular flexibility index (Phi) is 5.29. The number of nitrogens with one attached hydrogen (secondary N) is 1. The van der Waals surface area contributed by atoms with Crippen LogP contribution in [0.2, 0.25) is 0 Å². The van der Waals surface area contributed by atoms with E-state index in [1.54, 1.807) is 11.9 Å². The van der Waals surface area contributed by atoms with Crippen LogP contribution in [0.5, 0.6) is 0 Å². The standard InChI is InChI=1S/C17H25N3O4S/c1-19-11-13(8-9-16(19)21)17(22)20-10-4-7-15(12-20)25(23,24)18-14-5-2-3-6-14/h8-9,11,14-15,18H,2-7,10,12H2,1H3. The van der Waals surface area contributed by atoms with Crippen LogP contribution in [0.25, 0.3) is 0 Å². The van der Waals surface area contributed by atoms with Crippen LogP contribution in [0, 0.1) is 0 Å². The van der Waals surface area contributed by atoms with Gasteiger partial charge in [0.1, 0.15) is 0 Å². The number of sulfonamides is 1. The van der Waals surface area contributed by atoms with Crippen molar-refractivity contribution >= 4 is 15.9 Å². The van der Waals surface area contributed by atoms with Crippen LogP contribution in [0.3, 0.4) is 0 Å². The second kappa shape index (κ2) is 7.29. The third kappa shape index (κ3) is 4.12. The van der Waals surface area contributed by atoms with Crippen LogP contribution in [0.1, 0.15) is 48.9 Å². The molecular weight excluding hydrogens is 342 g/mol. The molecule has 1 aromatic heterocycles. The lowest BCUT2D eigenvalue weighted by Crippen LogP contribution is -2.50. The van der Waals surface area contributed by atoms with Crippen molar-refractivity contribution in [2.45, 2.75) is 49.8 Å². The number of carbonyl (C=O) groups is 1. The highest BCUT2D eigenvalue weighted by atomic mass is 32.2. The van der Waals surface area contributed by atoms with Crippen LogP contribution < -0.4 is 10.3 Å². The van der Waals surface area contributed by atoms with Gasteiger partial charge in [-0.1, -0.05) is 12.8 Å². The minimum Gasteiger partial charge on any atom is -0.337 e. The van der Waals surface area contributed by atoms with Crippen LogP contribution >= 0.6 is 0 Å². The lowest BCUT2D eigenvalue weighted by molar-refractivity contribution is 0.0725. The van der Waals surface area contributed by atoms with Crippen LogP contribution in [-0.4, -0.2) is 48.2 Å². The second-order valence-electron chi connectivity index (χ2n) is 7.03. The van der Waals surface area contributed by atoms with E-state index in [9.17, 15) is 18.0 Å².